The van der Waals surface area contributed by atoms with Crippen molar-refractivity contribution in [1.29, 1.82) is 0 Å². The van der Waals surface area contributed by atoms with Crippen LogP contribution in [0.4, 0.5) is 0 Å². The average molecular weight is 338 g/mol. The van der Waals surface area contributed by atoms with Crippen LogP contribution in [0.25, 0.3) is 0 Å². The van der Waals surface area contributed by atoms with Gasteiger partial charge >= 0.3 is 0 Å². The van der Waals surface area contributed by atoms with Gasteiger partial charge in [0.05, 0.1) is 17.9 Å². The molecular weight excluding hydrogens is 316 g/mol. The Labute approximate surface area is 147 Å². The molecule has 1 saturated heterocycles. The fourth-order valence-corrected chi connectivity index (χ4v) is 4.31. The molecule has 1 fully saturated rings. The Morgan fingerprint density at radius 1 is 1.08 bits per heavy atom. The van der Waals surface area contributed by atoms with E-state index in [-0.39, 0.29) is 42.1 Å². The van der Waals surface area contributed by atoms with Crippen molar-refractivity contribution in [2.75, 3.05) is 6.54 Å². The zero-order valence-corrected chi connectivity index (χ0v) is 14.1. The summed E-state index contributed by atoms with van der Waals surface area (Å²) in [5, 5.41) is 3.02. The Hall–Kier alpha value is -2.43. The second-order valence-corrected chi connectivity index (χ2v) is 7.13. The molecule has 1 aromatic carbocycles. The van der Waals surface area contributed by atoms with Crippen LogP contribution in [0.3, 0.4) is 0 Å². The van der Waals surface area contributed by atoms with Crippen LogP contribution in [-0.2, 0) is 20.8 Å². The third-order valence-electron chi connectivity index (χ3n) is 5.61. The van der Waals surface area contributed by atoms with E-state index in [0.717, 1.165) is 29.7 Å². The van der Waals surface area contributed by atoms with E-state index in [1.165, 1.54) is 5.56 Å². The Kier molecular flexibility index (Phi) is 4.15. The van der Waals surface area contributed by atoms with E-state index in [2.05, 4.69) is 11.4 Å². The number of nitrogens with one attached hydrogen (secondary N) is 1. The summed E-state index contributed by atoms with van der Waals surface area (Å²) in [5.41, 5.74) is 2.42. The van der Waals surface area contributed by atoms with Crippen molar-refractivity contribution in [2.24, 2.45) is 11.8 Å². The van der Waals surface area contributed by atoms with Crippen LogP contribution in [0.1, 0.15) is 42.9 Å². The van der Waals surface area contributed by atoms with E-state index < -0.39 is 0 Å². The number of hydrogen-bond donors (Lipinski definition) is 1. The molecule has 1 aliphatic heterocycles. The summed E-state index contributed by atoms with van der Waals surface area (Å²) in [6.45, 7) is -0.163. The minimum atomic E-state index is -0.277. The van der Waals surface area contributed by atoms with Gasteiger partial charge in [0, 0.05) is 0 Å². The number of imide groups is 1. The van der Waals surface area contributed by atoms with E-state index >= 15 is 0 Å². The largest absolute Gasteiger partial charge is 0.348 e. The van der Waals surface area contributed by atoms with Crippen molar-refractivity contribution in [2.45, 2.75) is 38.1 Å². The van der Waals surface area contributed by atoms with Gasteiger partial charge in [0.25, 0.3) is 0 Å². The number of nitrogens with zero attached hydrogens (tertiary/aromatic N) is 1. The van der Waals surface area contributed by atoms with Crippen molar-refractivity contribution in [1.82, 2.24) is 10.2 Å². The maximum absolute atomic E-state index is 12.5. The highest BCUT2D eigenvalue weighted by Gasteiger charge is 2.47. The second-order valence-electron chi connectivity index (χ2n) is 7.13. The van der Waals surface area contributed by atoms with Crippen LogP contribution in [-0.4, -0.2) is 29.2 Å². The normalized spacial score (nSPS) is 27.8. The van der Waals surface area contributed by atoms with E-state index in [1.807, 2.05) is 30.4 Å². The van der Waals surface area contributed by atoms with Gasteiger partial charge in [-0.25, -0.2) is 0 Å². The Balaban J connectivity index is 1.43. The highest BCUT2D eigenvalue weighted by Crippen LogP contribution is 2.35. The highest BCUT2D eigenvalue weighted by molar-refractivity contribution is 6.07. The van der Waals surface area contributed by atoms with Crippen molar-refractivity contribution in [3.63, 3.8) is 0 Å². The lowest BCUT2D eigenvalue weighted by Crippen LogP contribution is -2.42. The molecule has 0 spiro atoms. The summed E-state index contributed by atoms with van der Waals surface area (Å²) in [5.74, 6) is -1.20. The quantitative estimate of drug-likeness (QED) is 0.678. The predicted molar refractivity (Wildman–Crippen MR) is 92.3 cm³/mol. The molecule has 4 rings (SSSR count). The number of fused-ring (bicyclic) bond motifs is 2. The zero-order chi connectivity index (χ0) is 17.4. The summed E-state index contributed by atoms with van der Waals surface area (Å²) in [7, 11) is 0. The van der Waals surface area contributed by atoms with Gasteiger partial charge in [-0.3, -0.25) is 19.3 Å². The lowest BCUT2D eigenvalue weighted by Gasteiger charge is -2.27. The lowest BCUT2D eigenvalue weighted by molar-refractivity contribution is -0.143. The highest BCUT2D eigenvalue weighted by atomic mass is 16.2. The second kappa shape index (κ2) is 6.47. The summed E-state index contributed by atoms with van der Waals surface area (Å²) in [4.78, 5) is 38.6. The number of carbonyl (C=O) groups is 3. The van der Waals surface area contributed by atoms with E-state index in [0.29, 0.717) is 12.8 Å². The molecule has 5 heteroatoms. The number of carbonyl (C=O) groups excluding carboxylic acids is 3. The SMILES string of the molecule is O=C(CN1C(=O)[C@H]2CC=CC[C@@H]2C1=O)N[C@@H]1CCCc2ccccc21. The van der Waals surface area contributed by atoms with E-state index in [9.17, 15) is 14.4 Å². The van der Waals surface area contributed by atoms with Crippen LogP contribution in [0.2, 0.25) is 0 Å². The number of likely N-dealkylation sites (tertiary alicyclic amines) is 1. The molecule has 0 aromatic heterocycles. The molecular formula is C20H22N2O3. The number of allylic oxidation sites excluding steroid dienone is 2. The molecule has 1 N–H and O–H groups in total. The summed E-state index contributed by atoms with van der Waals surface area (Å²) < 4.78 is 0. The van der Waals surface area contributed by atoms with Gasteiger partial charge in [0.1, 0.15) is 6.54 Å². The van der Waals surface area contributed by atoms with Gasteiger partial charge in [-0.15, -0.1) is 0 Å². The fourth-order valence-electron chi connectivity index (χ4n) is 4.31. The number of benzene rings is 1. The van der Waals surface area contributed by atoms with Crippen LogP contribution in [0, 0.1) is 11.8 Å². The predicted octanol–water partition coefficient (Wildman–Crippen LogP) is 2.13. The first-order chi connectivity index (χ1) is 12.1. The number of hydrogen-bond acceptors (Lipinski definition) is 3. The molecule has 3 aliphatic rings. The molecule has 0 unspecified atom stereocenters. The first-order valence-corrected chi connectivity index (χ1v) is 9.02. The smallest absolute Gasteiger partial charge is 0.240 e. The molecule has 130 valence electrons. The molecule has 3 amide bonds. The molecule has 1 heterocycles. The third-order valence-corrected chi connectivity index (χ3v) is 5.61. The standard InChI is InChI=1S/C20H22N2O3/c23-18(21-17-11-5-7-13-6-1-2-8-14(13)17)12-22-19(24)15-9-3-4-10-16(15)20(22)25/h1-4,6,8,15-17H,5,7,9-12H2,(H,21,23)/t15-,16-,17+/m0/s1. The fraction of sp³-hybridized carbons (Fsp3) is 0.450. The van der Waals surface area contributed by atoms with E-state index in [4.69, 9.17) is 0 Å². The first-order valence-electron chi connectivity index (χ1n) is 9.02. The zero-order valence-electron chi connectivity index (χ0n) is 14.1. The maximum Gasteiger partial charge on any atom is 0.240 e. The molecule has 3 atom stereocenters. The topological polar surface area (TPSA) is 66.5 Å². The third kappa shape index (κ3) is 2.88. The van der Waals surface area contributed by atoms with Gasteiger partial charge in [0.2, 0.25) is 17.7 Å². The lowest BCUT2D eigenvalue weighted by atomic mass is 9.85. The Morgan fingerprint density at radius 2 is 1.76 bits per heavy atom. The van der Waals surface area contributed by atoms with Crippen molar-refractivity contribution in [3.8, 4) is 0 Å². The monoisotopic (exact) mass is 338 g/mol. The molecule has 1 aromatic rings. The van der Waals surface area contributed by atoms with Crippen LogP contribution >= 0.6 is 0 Å². The molecule has 0 bridgehead atoms. The average Bonchev–Trinajstić information content (AvgIpc) is 2.87. The molecule has 0 radical (unpaired) electrons. The van der Waals surface area contributed by atoms with Crippen LogP contribution in [0.5, 0.6) is 0 Å². The van der Waals surface area contributed by atoms with Crippen LogP contribution in [0.15, 0.2) is 36.4 Å². The van der Waals surface area contributed by atoms with Gasteiger partial charge in [-0.1, -0.05) is 36.4 Å². The van der Waals surface area contributed by atoms with Gasteiger partial charge in [0.15, 0.2) is 0 Å². The number of amides is 3. The van der Waals surface area contributed by atoms with Gasteiger partial charge < -0.3 is 5.32 Å². The Morgan fingerprint density at radius 3 is 2.48 bits per heavy atom. The molecule has 25 heavy (non-hydrogen) atoms. The summed E-state index contributed by atoms with van der Waals surface area (Å²) in [6, 6.07) is 8.11. The molecule has 0 saturated carbocycles. The van der Waals surface area contributed by atoms with Crippen molar-refractivity contribution >= 4 is 17.7 Å². The van der Waals surface area contributed by atoms with Crippen LogP contribution < -0.4 is 5.32 Å². The summed E-state index contributed by atoms with van der Waals surface area (Å²) in [6.07, 6.45) is 8.05. The van der Waals surface area contributed by atoms with E-state index in [1.54, 1.807) is 0 Å². The molecule has 5 nitrogen and oxygen atoms in total. The molecule has 2 aliphatic carbocycles. The number of rotatable bonds is 3. The summed E-state index contributed by atoms with van der Waals surface area (Å²) >= 11 is 0. The Bertz CT molecular complexity index is 729. The minimum Gasteiger partial charge on any atom is -0.348 e. The first kappa shape index (κ1) is 16.1. The maximum atomic E-state index is 12.5. The minimum absolute atomic E-state index is 0.0331. The van der Waals surface area contributed by atoms with Gasteiger partial charge in [-0.2, -0.15) is 0 Å². The van der Waals surface area contributed by atoms with Crippen molar-refractivity contribution in [3.05, 3.63) is 47.5 Å². The van der Waals surface area contributed by atoms with Gasteiger partial charge in [-0.05, 0) is 43.2 Å². The number of aryl methyl sites for hydroxylation is 1. The van der Waals surface area contributed by atoms with Crippen molar-refractivity contribution < 1.29 is 14.4 Å².